The number of carbonyl (C=O) groups is 2. The molecule has 0 radical (unpaired) electrons. The molecular formula is C15H20N2O2. The number of ketones is 1. The average molecular weight is 260 g/mol. The van der Waals surface area contributed by atoms with Gasteiger partial charge in [0, 0.05) is 6.04 Å². The summed E-state index contributed by atoms with van der Waals surface area (Å²) in [5.74, 6) is -0.0622. The molecule has 0 aromatic heterocycles. The zero-order valence-corrected chi connectivity index (χ0v) is 11.2. The van der Waals surface area contributed by atoms with Crippen molar-refractivity contribution in [1.29, 1.82) is 0 Å². The molecule has 1 saturated carbocycles. The van der Waals surface area contributed by atoms with E-state index in [0.717, 1.165) is 18.4 Å². The van der Waals surface area contributed by atoms with E-state index in [2.05, 4.69) is 10.6 Å². The third kappa shape index (κ3) is 3.81. The minimum absolute atomic E-state index is 0.0622. The minimum Gasteiger partial charge on any atom is -0.335 e. The Morgan fingerprint density at radius 2 is 1.79 bits per heavy atom. The van der Waals surface area contributed by atoms with Crippen molar-refractivity contribution in [1.82, 2.24) is 10.6 Å². The highest BCUT2D eigenvalue weighted by molar-refractivity contribution is 5.88. The predicted octanol–water partition coefficient (Wildman–Crippen LogP) is 2.56. The first-order valence-electron chi connectivity index (χ1n) is 6.79. The summed E-state index contributed by atoms with van der Waals surface area (Å²) in [5.41, 5.74) is 0.816. The molecule has 1 fully saturated rings. The standard InChI is InChI=1S/C15H20N2O2/c1-11(18)14(12-7-3-2-4-8-12)17-15(19)16-13-9-5-6-10-13/h2-4,7-8,13-14H,5-6,9-10H2,1H3,(H2,16,17,19). The second-order valence-corrected chi connectivity index (χ2v) is 5.05. The Morgan fingerprint density at radius 1 is 1.16 bits per heavy atom. The molecule has 1 atom stereocenters. The Bertz CT molecular complexity index is 439. The molecule has 1 unspecified atom stereocenters. The quantitative estimate of drug-likeness (QED) is 0.874. The number of urea groups is 1. The molecule has 102 valence electrons. The Kier molecular flexibility index (Phi) is 4.55. The van der Waals surface area contributed by atoms with E-state index in [1.807, 2.05) is 30.3 Å². The molecule has 19 heavy (non-hydrogen) atoms. The maximum Gasteiger partial charge on any atom is 0.315 e. The van der Waals surface area contributed by atoms with E-state index in [9.17, 15) is 9.59 Å². The Balaban J connectivity index is 1.97. The van der Waals surface area contributed by atoms with Crippen LogP contribution in [-0.2, 0) is 4.79 Å². The van der Waals surface area contributed by atoms with Gasteiger partial charge in [-0.15, -0.1) is 0 Å². The maximum absolute atomic E-state index is 11.9. The van der Waals surface area contributed by atoms with Crippen molar-refractivity contribution in [3.05, 3.63) is 35.9 Å². The normalized spacial score (nSPS) is 16.9. The lowest BCUT2D eigenvalue weighted by molar-refractivity contribution is -0.118. The molecule has 0 heterocycles. The van der Waals surface area contributed by atoms with E-state index in [4.69, 9.17) is 0 Å². The van der Waals surface area contributed by atoms with Gasteiger partial charge in [-0.2, -0.15) is 0 Å². The van der Waals surface area contributed by atoms with Crippen molar-refractivity contribution in [3.63, 3.8) is 0 Å². The van der Waals surface area contributed by atoms with Crippen LogP contribution >= 0.6 is 0 Å². The summed E-state index contributed by atoms with van der Waals surface area (Å²) in [7, 11) is 0. The number of carbonyl (C=O) groups excluding carboxylic acids is 2. The van der Waals surface area contributed by atoms with Crippen molar-refractivity contribution in [2.45, 2.75) is 44.7 Å². The number of nitrogens with one attached hydrogen (secondary N) is 2. The fraction of sp³-hybridized carbons (Fsp3) is 0.467. The van der Waals surface area contributed by atoms with Gasteiger partial charge < -0.3 is 10.6 Å². The summed E-state index contributed by atoms with van der Waals surface area (Å²) in [4.78, 5) is 23.6. The SMILES string of the molecule is CC(=O)C(NC(=O)NC1CCCC1)c1ccccc1. The van der Waals surface area contributed by atoms with Gasteiger partial charge in [0.05, 0.1) is 0 Å². The van der Waals surface area contributed by atoms with Crippen molar-refractivity contribution in [2.75, 3.05) is 0 Å². The second-order valence-electron chi connectivity index (χ2n) is 5.05. The van der Waals surface area contributed by atoms with Crippen LogP contribution in [0.1, 0.15) is 44.2 Å². The number of hydrogen-bond donors (Lipinski definition) is 2. The van der Waals surface area contributed by atoms with Gasteiger partial charge in [0.15, 0.2) is 5.78 Å². The fourth-order valence-corrected chi connectivity index (χ4v) is 2.49. The monoisotopic (exact) mass is 260 g/mol. The van der Waals surface area contributed by atoms with Crippen LogP contribution in [0.4, 0.5) is 4.79 Å². The average Bonchev–Trinajstić information content (AvgIpc) is 2.89. The molecule has 0 spiro atoms. The van der Waals surface area contributed by atoms with Crippen molar-refractivity contribution in [2.24, 2.45) is 0 Å². The van der Waals surface area contributed by atoms with Crippen LogP contribution in [0.15, 0.2) is 30.3 Å². The van der Waals surface area contributed by atoms with E-state index in [1.165, 1.54) is 19.8 Å². The Hall–Kier alpha value is -1.84. The zero-order chi connectivity index (χ0) is 13.7. The highest BCUT2D eigenvalue weighted by Crippen LogP contribution is 2.18. The first kappa shape index (κ1) is 13.6. The molecule has 0 saturated heterocycles. The lowest BCUT2D eigenvalue weighted by Crippen LogP contribution is -2.44. The molecule has 0 aliphatic heterocycles. The van der Waals surface area contributed by atoms with Crippen molar-refractivity contribution >= 4 is 11.8 Å². The molecule has 4 heteroatoms. The van der Waals surface area contributed by atoms with Gasteiger partial charge in [-0.05, 0) is 25.3 Å². The molecule has 1 aliphatic carbocycles. The third-order valence-electron chi connectivity index (χ3n) is 3.51. The highest BCUT2D eigenvalue weighted by Gasteiger charge is 2.22. The number of amides is 2. The zero-order valence-electron chi connectivity index (χ0n) is 11.2. The van der Waals surface area contributed by atoms with Crippen LogP contribution in [0, 0.1) is 0 Å². The van der Waals surface area contributed by atoms with Gasteiger partial charge in [0.25, 0.3) is 0 Å². The molecule has 2 amide bonds. The maximum atomic E-state index is 11.9. The van der Waals surface area contributed by atoms with E-state index in [1.54, 1.807) is 0 Å². The molecule has 1 aliphatic rings. The summed E-state index contributed by atoms with van der Waals surface area (Å²) in [6.45, 7) is 1.49. The van der Waals surface area contributed by atoms with Gasteiger partial charge in [-0.1, -0.05) is 43.2 Å². The summed E-state index contributed by atoms with van der Waals surface area (Å²) in [5, 5.41) is 5.69. The minimum atomic E-state index is -0.567. The second kappa shape index (κ2) is 6.36. The topological polar surface area (TPSA) is 58.2 Å². The molecule has 0 bridgehead atoms. The molecule has 4 nitrogen and oxygen atoms in total. The Morgan fingerprint density at radius 3 is 2.37 bits per heavy atom. The Labute approximate surface area is 113 Å². The van der Waals surface area contributed by atoms with E-state index in [0.29, 0.717) is 0 Å². The fourth-order valence-electron chi connectivity index (χ4n) is 2.49. The summed E-state index contributed by atoms with van der Waals surface area (Å²) in [6.07, 6.45) is 4.40. The molecule has 2 N–H and O–H groups in total. The third-order valence-corrected chi connectivity index (χ3v) is 3.51. The van der Waals surface area contributed by atoms with E-state index in [-0.39, 0.29) is 17.9 Å². The van der Waals surface area contributed by atoms with Gasteiger partial charge in [-0.25, -0.2) is 4.79 Å². The molecular weight excluding hydrogens is 240 g/mol. The molecule has 2 rings (SSSR count). The number of benzene rings is 1. The lowest BCUT2D eigenvalue weighted by atomic mass is 10.0. The van der Waals surface area contributed by atoms with Crippen LogP contribution in [-0.4, -0.2) is 17.9 Å². The summed E-state index contributed by atoms with van der Waals surface area (Å²) < 4.78 is 0. The van der Waals surface area contributed by atoms with E-state index < -0.39 is 6.04 Å². The van der Waals surface area contributed by atoms with Crippen LogP contribution < -0.4 is 10.6 Å². The molecule has 1 aromatic carbocycles. The first-order valence-corrected chi connectivity index (χ1v) is 6.79. The highest BCUT2D eigenvalue weighted by atomic mass is 16.2. The van der Waals surface area contributed by atoms with Gasteiger partial charge in [0.2, 0.25) is 0 Å². The summed E-state index contributed by atoms with van der Waals surface area (Å²) >= 11 is 0. The van der Waals surface area contributed by atoms with Crippen LogP contribution in [0.3, 0.4) is 0 Å². The van der Waals surface area contributed by atoms with Crippen LogP contribution in [0.25, 0.3) is 0 Å². The summed E-state index contributed by atoms with van der Waals surface area (Å²) in [6, 6.07) is 8.74. The van der Waals surface area contributed by atoms with Crippen molar-refractivity contribution < 1.29 is 9.59 Å². The van der Waals surface area contributed by atoms with Gasteiger partial charge in [0.1, 0.15) is 6.04 Å². The predicted molar refractivity (Wildman–Crippen MR) is 73.8 cm³/mol. The largest absolute Gasteiger partial charge is 0.335 e. The van der Waals surface area contributed by atoms with Crippen LogP contribution in [0.2, 0.25) is 0 Å². The van der Waals surface area contributed by atoms with E-state index >= 15 is 0 Å². The van der Waals surface area contributed by atoms with Gasteiger partial charge >= 0.3 is 6.03 Å². The van der Waals surface area contributed by atoms with Crippen molar-refractivity contribution in [3.8, 4) is 0 Å². The lowest BCUT2D eigenvalue weighted by Gasteiger charge is -2.19. The number of rotatable bonds is 4. The number of hydrogen-bond acceptors (Lipinski definition) is 2. The number of Topliss-reactive ketones (excluding diaryl/α,β-unsaturated/α-hetero) is 1. The molecule has 1 aromatic rings. The smallest absolute Gasteiger partial charge is 0.315 e. The first-order chi connectivity index (χ1) is 9.16. The van der Waals surface area contributed by atoms with Crippen LogP contribution in [0.5, 0.6) is 0 Å². The van der Waals surface area contributed by atoms with Gasteiger partial charge in [-0.3, -0.25) is 4.79 Å².